The van der Waals surface area contributed by atoms with E-state index in [1.54, 1.807) is 18.3 Å². The van der Waals surface area contributed by atoms with Gasteiger partial charge in [-0.05, 0) is 12.1 Å². The zero-order valence-electron chi connectivity index (χ0n) is 10.4. The zero-order valence-corrected chi connectivity index (χ0v) is 10.4. The van der Waals surface area contributed by atoms with Crippen LogP contribution < -0.4 is 0 Å². The van der Waals surface area contributed by atoms with Crippen LogP contribution in [0.1, 0.15) is 0 Å². The molecule has 0 amide bonds. The van der Waals surface area contributed by atoms with Crippen molar-refractivity contribution in [3.8, 4) is 0 Å². The van der Waals surface area contributed by atoms with Crippen molar-refractivity contribution < 1.29 is 4.92 Å². The fraction of sp³-hybridized carbons (Fsp3) is 0. The summed E-state index contributed by atoms with van der Waals surface area (Å²) in [6.07, 6.45) is 1.76. The van der Waals surface area contributed by atoms with E-state index in [2.05, 4.69) is 15.2 Å². The number of benzene rings is 2. The third kappa shape index (κ3) is 2.26. The van der Waals surface area contributed by atoms with Crippen LogP contribution in [-0.4, -0.2) is 9.91 Å². The maximum Gasteiger partial charge on any atom is 0.271 e. The normalized spacial score (nSPS) is 11.2. The number of hydrogen-bond acceptors (Lipinski definition) is 4. The molecular formula is C14H10N4O2. The van der Waals surface area contributed by atoms with Crippen LogP contribution in [0.5, 0.6) is 0 Å². The van der Waals surface area contributed by atoms with E-state index < -0.39 is 4.92 Å². The summed E-state index contributed by atoms with van der Waals surface area (Å²) in [5.41, 5.74) is 2.12. The van der Waals surface area contributed by atoms with Crippen molar-refractivity contribution in [2.24, 2.45) is 10.2 Å². The molecule has 0 saturated heterocycles. The number of nitro benzene ring substituents is 1. The molecular weight excluding hydrogens is 256 g/mol. The number of azo groups is 1. The molecule has 1 aromatic heterocycles. The second kappa shape index (κ2) is 4.93. The highest BCUT2D eigenvalue weighted by molar-refractivity contribution is 5.90. The first-order chi connectivity index (χ1) is 9.74. The Morgan fingerprint density at radius 1 is 1.05 bits per heavy atom. The van der Waals surface area contributed by atoms with Crippen molar-refractivity contribution in [3.05, 3.63) is 64.8 Å². The van der Waals surface area contributed by atoms with Crippen LogP contribution in [0.2, 0.25) is 0 Å². The Labute approximate surface area is 113 Å². The van der Waals surface area contributed by atoms with Crippen molar-refractivity contribution in [2.45, 2.75) is 0 Å². The molecule has 0 aliphatic heterocycles. The molecule has 0 bridgehead atoms. The maximum atomic E-state index is 10.7. The molecule has 0 atom stereocenters. The van der Waals surface area contributed by atoms with Gasteiger partial charge in [-0.15, -0.1) is 5.11 Å². The number of aromatic nitrogens is 1. The number of aromatic amines is 1. The number of rotatable bonds is 3. The first-order valence-electron chi connectivity index (χ1n) is 5.96. The van der Waals surface area contributed by atoms with E-state index in [1.807, 2.05) is 24.3 Å². The third-order valence-corrected chi connectivity index (χ3v) is 2.88. The lowest BCUT2D eigenvalue weighted by atomic mass is 10.2. The van der Waals surface area contributed by atoms with Crippen molar-refractivity contribution in [2.75, 3.05) is 0 Å². The molecule has 6 heteroatoms. The number of hydrogen-bond donors (Lipinski definition) is 1. The molecule has 0 saturated carbocycles. The number of fused-ring (bicyclic) bond motifs is 1. The van der Waals surface area contributed by atoms with Crippen molar-refractivity contribution >= 4 is 28.0 Å². The van der Waals surface area contributed by atoms with Crippen LogP contribution >= 0.6 is 0 Å². The maximum absolute atomic E-state index is 10.7. The smallest absolute Gasteiger partial charge is 0.271 e. The molecule has 1 heterocycles. The first-order valence-corrected chi connectivity index (χ1v) is 5.96. The van der Waals surface area contributed by atoms with Gasteiger partial charge in [0.15, 0.2) is 0 Å². The summed E-state index contributed by atoms with van der Waals surface area (Å²) in [4.78, 5) is 13.3. The highest BCUT2D eigenvalue weighted by Crippen LogP contribution is 2.28. The molecule has 0 radical (unpaired) electrons. The van der Waals surface area contributed by atoms with Crippen LogP contribution in [0, 0.1) is 10.1 Å². The molecule has 1 N–H and O–H groups in total. The van der Waals surface area contributed by atoms with Gasteiger partial charge in [-0.2, -0.15) is 5.11 Å². The SMILES string of the molecule is O=[N+]([O-])c1cccc(N=Nc2c[nH]c3ccccc23)c1. The minimum atomic E-state index is -0.454. The number of nitro groups is 1. The number of nitrogens with zero attached hydrogens (tertiary/aromatic N) is 3. The summed E-state index contributed by atoms with van der Waals surface area (Å²) < 4.78 is 0. The lowest BCUT2D eigenvalue weighted by Gasteiger charge is -1.93. The summed E-state index contributed by atoms with van der Waals surface area (Å²) in [5.74, 6) is 0. The van der Waals surface area contributed by atoms with E-state index in [0.29, 0.717) is 11.4 Å². The van der Waals surface area contributed by atoms with Crippen LogP contribution in [0.3, 0.4) is 0 Å². The average molecular weight is 266 g/mol. The monoisotopic (exact) mass is 266 g/mol. The van der Waals surface area contributed by atoms with Gasteiger partial charge in [0.1, 0.15) is 5.69 Å². The van der Waals surface area contributed by atoms with Gasteiger partial charge in [0.25, 0.3) is 5.69 Å². The van der Waals surface area contributed by atoms with Crippen LogP contribution in [0.15, 0.2) is 65.0 Å². The van der Waals surface area contributed by atoms with Crippen LogP contribution in [0.25, 0.3) is 10.9 Å². The Morgan fingerprint density at radius 3 is 2.75 bits per heavy atom. The van der Waals surface area contributed by atoms with Gasteiger partial charge in [-0.25, -0.2) is 0 Å². The Balaban J connectivity index is 1.94. The minimum Gasteiger partial charge on any atom is -0.359 e. The van der Waals surface area contributed by atoms with E-state index in [4.69, 9.17) is 0 Å². The molecule has 98 valence electrons. The fourth-order valence-electron chi connectivity index (χ4n) is 1.92. The summed E-state index contributed by atoms with van der Waals surface area (Å²) >= 11 is 0. The molecule has 3 rings (SSSR count). The highest BCUT2D eigenvalue weighted by Gasteiger charge is 2.05. The Kier molecular flexibility index (Phi) is 2.96. The summed E-state index contributed by atoms with van der Waals surface area (Å²) in [6, 6.07) is 13.8. The van der Waals surface area contributed by atoms with Gasteiger partial charge in [0.05, 0.1) is 10.6 Å². The predicted octanol–water partition coefficient (Wildman–Crippen LogP) is 4.49. The summed E-state index contributed by atoms with van der Waals surface area (Å²) in [6.45, 7) is 0. The minimum absolute atomic E-state index is 0.000349. The van der Waals surface area contributed by atoms with Gasteiger partial charge in [0, 0.05) is 29.2 Å². The summed E-state index contributed by atoms with van der Waals surface area (Å²) in [5, 5.41) is 19.8. The largest absolute Gasteiger partial charge is 0.359 e. The van der Waals surface area contributed by atoms with E-state index in [0.717, 1.165) is 10.9 Å². The average Bonchev–Trinajstić information content (AvgIpc) is 2.89. The Morgan fingerprint density at radius 2 is 1.90 bits per heavy atom. The lowest BCUT2D eigenvalue weighted by Crippen LogP contribution is -1.85. The molecule has 0 spiro atoms. The van der Waals surface area contributed by atoms with Gasteiger partial charge in [-0.3, -0.25) is 10.1 Å². The van der Waals surface area contributed by atoms with E-state index in [-0.39, 0.29) is 5.69 Å². The number of H-pyrrole nitrogens is 1. The van der Waals surface area contributed by atoms with Gasteiger partial charge in [0.2, 0.25) is 0 Å². The predicted molar refractivity (Wildman–Crippen MR) is 75.6 cm³/mol. The van der Waals surface area contributed by atoms with Crippen LogP contribution in [0.4, 0.5) is 17.1 Å². The third-order valence-electron chi connectivity index (χ3n) is 2.88. The van der Waals surface area contributed by atoms with Gasteiger partial charge < -0.3 is 4.98 Å². The Hall–Kier alpha value is -3.02. The van der Waals surface area contributed by atoms with Gasteiger partial charge >= 0.3 is 0 Å². The van der Waals surface area contributed by atoms with E-state index in [1.165, 1.54) is 12.1 Å². The van der Waals surface area contributed by atoms with Crippen molar-refractivity contribution in [1.29, 1.82) is 0 Å². The molecule has 0 aliphatic rings. The van der Waals surface area contributed by atoms with E-state index in [9.17, 15) is 10.1 Å². The van der Waals surface area contributed by atoms with Crippen molar-refractivity contribution in [3.63, 3.8) is 0 Å². The quantitative estimate of drug-likeness (QED) is 0.430. The first kappa shape index (κ1) is 12.0. The second-order valence-electron chi connectivity index (χ2n) is 4.20. The Bertz CT molecular complexity index is 808. The molecule has 6 nitrogen and oxygen atoms in total. The topological polar surface area (TPSA) is 83.7 Å². The molecule has 20 heavy (non-hydrogen) atoms. The second-order valence-corrected chi connectivity index (χ2v) is 4.20. The molecule has 2 aromatic carbocycles. The molecule has 3 aromatic rings. The molecule has 0 aliphatic carbocycles. The standard InChI is InChI=1S/C14H10N4O2/c19-18(20)11-5-3-4-10(8-11)16-17-14-9-15-13-7-2-1-6-12(13)14/h1-9,15H. The van der Waals surface area contributed by atoms with Crippen LogP contribution in [-0.2, 0) is 0 Å². The van der Waals surface area contributed by atoms with E-state index >= 15 is 0 Å². The lowest BCUT2D eigenvalue weighted by molar-refractivity contribution is -0.384. The van der Waals surface area contributed by atoms with Gasteiger partial charge in [-0.1, -0.05) is 24.3 Å². The summed E-state index contributed by atoms with van der Waals surface area (Å²) in [7, 11) is 0. The number of non-ortho nitro benzene ring substituents is 1. The van der Waals surface area contributed by atoms with Crippen molar-refractivity contribution in [1.82, 2.24) is 4.98 Å². The highest BCUT2D eigenvalue weighted by atomic mass is 16.6. The molecule has 0 fully saturated rings. The fourth-order valence-corrected chi connectivity index (χ4v) is 1.92. The zero-order chi connectivity index (χ0) is 13.9. The number of para-hydroxylation sites is 1. The molecule has 0 unspecified atom stereocenters. The number of nitrogens with one attached hydrogen (secondary N) is 1.